The Balaban J connectivity index is 0.955. The molecule has 59 heteroatoms. The van der Waals surface area contributed by atoms with Crippen LogP contribution in [0, 0.1) is 0 Å². The van der Waals surface area contributed by atoms with Gasteiger partial charge in [0.25, 0.3) is 0 Å². The lowest BCUT2D eigenvalue weighted by Gasteiger charge is -2.46. The van der Waals surface area contributed by atoms with Crippen molar-refractivity contribution in [3.8, 4) is 0 Å². The van der Waals surface area contributed by atoms with Gasteiger partial charge in [0.15, 0.2) is 44.0 Å². The lowest BCUT2D eigenvalue weighted by molar-refractivity contribution is -0.366. The maximum Gasteiger partial charge on any atom is 0.303 e. The molecule has 7 aliphatic heterocycles. The maximum absolute atomic E-state index is 14.3. The van der Waals surface area contributed by atoms with Gasteiger partial charge in [0.1, 0.15) is 177 Å². The quantitative estimate of drug-likeness (QED) is 0.0251. The smallest absolute Gasteiger partial charge is 0.303 e. The number of carbonyl (C=O) groups is 9. The summed E-state index contributed by atoms with van der Waals surface area (Å²) in [7, 11) is 0. The lowest BCUT2D eigenvalue weighted by atomic mass is 9.96. The van der Waals surface area contributed by atoms with Crippen LogP contribution < -0.4 is 31.9 Å². The number of rotatable bonds is 70. The zero-order chi connectivity index (χ0) is 110. The summed E-state index contributed by atoms with van der Waals surface area (Å²) < 4.78 is 78.0. The van der Waals surface area contributed by atoms with E-state index in [1.807, 2.05) is 0 Å². The van der Waals surface area contributed by atoms with E-state index in [-0.39, 0.29) is 187 Å². The Hall–Kier alpha value is -6.41. The van der Waals surface area contributed by atoms with E-state index in [0.717, 1.165) is 0 Å². The highest BCUT2D eigenvalue weighted by Crippen LogP contribution is 2.34. The Bertz CT molecular complexity index is 3780. The van der Waals surface area contributed by atoms with Gasteiger partial charge in [0.05, 0.1) is 98.9 Å². The number of nitrogens with one attached hydrogen (secondary N) is 6. The topological polar surface area (TPSA) is 911 Å². The van der Waals surface area contributed by atoms with Gasteiger partial charge in [-0.15, -0.1) is 0 Å². The van der Waals surface area contributed by atoms with Crippen molar-refractivity contribution in [1.29, 1.82) is 0 Å². The Labute approximate surface area is 864 Å². The monoisotopic (exact) mass is 2180 g/mol. The van der Waals surface area contributed by atoms with E-state index in [1.54, 1.807) is 0 Å². The molecule has 0 aromatic heterocycles. The minimum atomic E-state index is -2.01. The maximum atomic E-state index is 14.3. The molecular weight excluding hydrogens is 2020 g/mol. The largest absolute Gasteiger partial charge is 0.481 e. The van der Waals surface area contributed by atoms with Crippen molar-refractivity contribution in [3.63, 3.8) is 0 Å². The third-order valence-electron chi connectivity index (χ3n) is 26.2. The predicted octanol–water partition coefficient (Wildman–Crippen LogP) is -16.6. The molecule has 0 aromatic carbocycles. The highest BCUT2D eigenvalue weighted by atomic mass is 16.8. The van der Waals surface area contributed by atoms with Crippen LogP contribution in [0.15, 0.2) is 0 Å². The first-order chi connectivity index (χ1) is 71.6. The van der Waals surface area contributed by atoms with E-state index in [1.165, 1.54) is 14.7 Å². The lowest BCUT2D eigenvalue weighted by Crippen LogP contribution is -2.65. The van der Waals surface area contributed by atoms with E-state index in [9.17, 15) is 176 Å². The SMILES string of the molecule is O=C(O)CCCCCNC(=O)CN(CC(=O)NCCCCCC(=O)NCCO[C@@H]1O[C@H](CO[C@H]2O[C@H](CO)[C@@H](O)[C@H](O)[C@@H]2O)[C@@H](O)[C@H](O[C@H]2O[C@H](CO)[C@@H](O)[C@H](O)[C@@H]2O)[C@@H]1O)CC(=O)N[C@@H](CCC(=O)NCCCCCC(=O)N(CCCO[C@H]1O[C@H](CO)[C@@H](O)[C@H](O)[C@@H]1O)CCCO[C@H]1O[C@H](CO)[C@@H](O)[C@H](O)[C@@H]1O)C(=O)NCCCCCC(=O)N(CCCO[C@H]1O[C@H](CO)[C@@H](O)[C@H](O)[C@@H]1O)CCCO[C@H]1O[C@H](CO)[C@@H](O)[C@H](O)[C@@H]1O. The molecule has 150 heavy (non-hydrogen) atoms. The number of amides is 8. The van der Waals surface area contributed by atoms with Crippen LogP contribution in [0.4, 0.5) is 0 Å². The molecule has 59 nitrogen and oxygen atoms in total. The molecule has 870 valence electrons. The summed E-state index contributed by atoms with van der Waals surface area (Å²) in [6.45, 7) is -8.06. The average molecular weight is 2180 g/mol. The number of unbranched alkanes of at least 4 members (excludes halogenated alkanes) is 8. The highest BCUT2D eigenvalue weighted by molar-refractivity contribution is 5.90. The third-order valence-corrected chi connectivity index (χ3v) is 26.2. The number of aliphatic hydroxyl groups excluding tert-OH is 26. The number of aliphatic hydroxyl groups is 26. The summed E-state index contributed by atoms with van der Waals surface area (Å²) in [6, 6.07) is -1.46. The second kappa shape index (κ2) is 69.0. The number of hydrogen-bond acceptors (Lipinski definition) is 50. The minimum absolute atomic E-state index is 0.0171. The molecule has 7 rings (SSSR count). The Morgan fingerprint density at radius 3 is 0.907 bits per heavy atom. The van der Waals surface area contributed by atoms with E-state index in [4.69, 9.17) is 71.4 Å². The molecule has 33 N–H and O–H groups in total. The molecule has 0 aliphatic carbocycles. The fraction of sp³-hybridized carbons (Fsp3) is 0.901. The van der Waals surface area contributed by atoms with Crippen LogP contribution in [0.3, 0.4) is 0 Å². The Kier molecular flexibility index (Phi) is 60.0. The van der Waals surface area contributed by atoms with E-state index >= 15 is 0 Å². The molecule has 7 fully saturated rings. The summed E-state index contributed by atoms with van der Waals surface area (Å²) in [5.74, 6) is -5.81. The van der Waals surface area contributed by atoms with Gasteiger partial charge in [-0.2, -0.15) is 0 Å². The summed E-state index contributed by atoms with van der Waals surface area (Å²) in [5, 5.41) is 293. The van der Waals surface area contributed by atoms with Gasteiger partial charge in [-0.1, -0.05) is 25.7 Å². The van der Waals surface area contributed by atoms with Gasteiger partial charge in [0, 0.05) is 91.0 Å². The van der Waals surface area contributed by atoms with Crippen molar-refractivity contribution in [3.05, 3.63) is 0 Å². The van der Waals surface area contributed by atoms with Crippen LogP contribution in [0.2, 0.25) is 0 Å². The third kappa shape index (κ3) is 41.9. The van der Waals surface area contributed by atoms with E-state index < -0.39 is 328 Å². The van der Waals surface area contributed by atoms with Crippen molar-refractivity contribution in [2.75, 3.05) is 158 Å². The van der Waals surface area contributed by atoms with Gasteiger partial charge in [-0.05, 0) is 83.5 Å². The highest BCUT2D eigenvalue weighted by Gasteiger charge is 2.54. The van der Waals surface area contributed by atoms with Crippen LogP contribution in [0.5, 0.6) is 0 Å². The number of ether oxygens (including phenoxy) is 14. The molecule has 0 spiro atoms. The number of aliphatic carboxylic acids is 1. The second-order valence-corrected chi connectivity index (χ2v) is 37.8. The van der Waals surface area contributed by atoms with Gasteiger partial charge in [-0.3, -0.25) is 48.1 Å². The fourth-order valence-electron chi connectivity index (χ4n) is 17.3. The molecule has 0 aromatic rings. The van der Waals surface area contributed by atoms with Gasteiger partial charge >= 0.3 is 5.97 Å². The standard InChI is InChI=1S/C91H161N9O50/c101-40-48-63(116)70(123)76(129)85(143-48)137-32-13-28-99(29-14-33-138-86-77(130)71(124)64(117)49(41-102)144-86)60(112)18-6-2-10-23-92-56(108)22-21-47(84(136)96-26-12-3-7-19-61(113)100(30-15-34-139-87-78(131)72(125)65(118)50(42-103)145-87)31-16-35-140-88-79(132)73(126)66(119)51(43-104)146-88)97-59(111)39-98(38-58(110)94-25-11-4-8-20-62(114)115)37-57(109)93-24-9-1-5-17-55(107)95-27-36-141-90-82(135)83(150-91-81(134)75(128)68(121)53(45-106)148-91)69(122)54(149-90)46-142-89-80(133)74(127)67(120)52(44-105)147-89/h47-54,63-83,85-91,101-106,116-135H,1-46H2,(H,92,108)(H,93,109)(H,94,110)(H,95,107)(H,96,136)(H,97,111)(H,114,115)/t47-,48+,49+,50+,51+,52+,53+,54+,63+,64+,65+,66+,67+,68+,69+,70-,71-,72-,73-,74-,75-,76-,77-,78-,79-,80-,81-,82-,83-,85-,86-,87-,88-,89-,90+,91+/m0/s1. The number of carboxylic acids is 1. The van der Waals surface area contributed by atoms with Crippen molar-refractivity contribution >= 4 is 53.2 Å². The van der Waals surface area contributed by atoms with Crippen molar-refractivity contribution in [1.82, 2.24) is 46.6 Å². The molecule has 7 heterocycles. The number of carbonyl (C=O) groups excluding carboxylic acids is 8. The van der Waals surface area contributed by atoms with E-state index in [0.29, 0.717) is 57.8 Å². The van der Waals surface area contributed by atoms with Crippen LogP contribution >= 0.6 is 0 Å². The zero-order valence-electron chi connectivity index (χ0n) is 83.6. The fourth-order valence-corrected chi connectivity index (χ4v) is 17.3. The van der Waals surface area contributed by atoms with Crippen molar-refractivity contribution < 1.29 is 247 Å². The van der Waals surface area contributed by atoms with E-state index in [2.05, 4.69) is 31.9 Å². The Morgan fingerprint density at radius 1 is 0.260 bits per heavy atom. The molecule has 0 unspecified atom stereocenters. The summed E-state index contributed by atoms with van der Waals surface area (Å²) in [6.07, 6.45) is -54.7. The summed E-state index contributed by atoms with van der Waals surface area (Å²) in [4.78, 5) is 126. The minimum Gasteiger partial charge on any atom is -0.481 e. The molecular formula is C91H161N9O50. The zero-order valence-corrected chi connectivity index (χ0v) is 83.6. The number of carboxylic acid groups (broad SMARTS) is 1. The van der Waals surface area contributed by atoms with Crippen LogP contribution in [-0.2, 0) is 109 Å². The molecule has 7 saturated heterocycles. The first-order valence-electron chi connectivity index (χ1n) is 51.0. The normalized spacial score (nSPS) is 33.4. The molecule has 0 bridgehead atoms. The number of hydrogen-bond donors (Lipinski definition) is 33. The summed E-state index contributed by atoms with van der Waals surface area (Å²) >= 11 is 0. The molecule has 0 radical (unpaired) electrons. The van der Waals surface area contributed by atoms with Crippen LogP contribution in [-0.4, -0.2) is 585 Å². The average Bonchev–Trinajstić information content (AvgIpc) is 0.778. The van der Waals surface area contributed by atoms with Crippen LogP contribution in [0.25, 0.3) is 0 Å². The number of nitrogens with zero attached hydrogens (tertiary/aromatic N) is 3. The second-order valence-electron chi connectivity index (χ2n) is 37.8. The molecule has 36 atom stereocenters. The first-order valence-corrected chi connectivity index (χ1v) is 51.0. The van der Waals surface area contributed by atoms with Gasteiger partial charge in [-0.25, -0.2) is 0 Å². The molecule has 0 saturated carbocycles. The van der Waals surface area contributed by atoms with Gasteiger partial charge < -0.3 is 246 Å². The van der Waals surface area contributed by atoms with Crippen LogP contribution in [0.1, 0.15) is 141 Å². The van der Waals surface area contributed by atoms with Gasteiger partial charge in [0.2, 0.25) is 47.3 Å². The Morgan fingerprint density at radius 2 is 0.547 bits per heavy atom. The van der Waals surface area contributed by atoms with Crippen molar-refractivity contribution in [2.24, 2.45) is 0 Å². The summed E-state index contributed by atoms with van der Waals surface area (Å²) in [5.41, 5.74) is 0. The molecule has 7 aliphatic rings. The van der Waals surface area contributed by atoms with Crippen molar-refractivity contribution in [2.45, 2.75) is 362 Å². The predicted molar refractivity (Wildman–Crippen MR) is 500 cm³/mol. The first kappa shape index (κ1) is 130. The molecule has 8 amide bonds.